The molecule has 3 heterocycles. The summed E-state index contributed by atoms with van der Waals surface area (Å²) in [7, 11) is 0. The zero-order chi connectivity index (χ0) is 21.8. The topological polar surface area (TPSA) is 63.4 Å². The van der Waals surface area contributed by atoms with E-state index in [-0.39, 0.29) is 0 Å². The van der Waals surface area contributed by atoms with E-state index in [1.807, 2.05) is 65.4 Å². The first kappa shape index (κ1) is 20.4. The van der Waals surface area contributed by atoms with Crippen molar-refractivity contribution < 1.29 is 9.84 Å². The minimum atomic E-state index is -0.549. The van der Waals surface area contributed by atoms with Crippen molar-refractivity contribution in [2.45, 2.75) is 25.6 Å². The number of benzene rings is 2. The molecule has 0 amide bonds. The molecule has 5 rings (SSSR count). The molecule has 0 spiro atoms. The highest BCUT2D eigenvalue weighted by Crippen LogP contribution is 2.29. The lowest BCUT2D eigenvalue weighted by molar-refractivity contribution is 0.178. The van der Waals surface area contributed by atoms with Gasteiger partial charge in [0.25, 0.3) is 0 Å². The number of aromatic nitrogens is 3. The predicted octanol–water partition coefficient (Wildman–Crippen LogP) is 3.94. The average Bonchev–Trinajstić information content (AvgIpc) is 3.19. The molecule has 0 unspecified atom stereocenters. The van der Waals surface area contributed by atoms with Gasteiger partial charge in [0.05, 0.1) is 6.10 Å². The van der Waals surface area contributed by atoms with Gasteiger partial charge >= 0.3 is 0 Å². The number of aliphatic hydroxyl groups is 1. The van der Waals surface area contributed by atoms with E-state index in [0.29, 0.717) is 19.0 Å². The van der Waals surface area contributed by atoms with Gasteiger partial charge in [0.15, 0.2) is 0 Å². The molecule has 1 N–H and O–H groups in total. The predicted molar refractivity (Wildman–Crippen MR) is 123 cm³/mol. The summed E-state index contributed by atoms with van der Waals surface area (Å²) < 4.78 is 8.03. The summed E-state index contributed by atoms with van der Waals surface area (Å²) in [5, 5.41) is 10.8. The molecule has 0 saturated heterocycles. The second-order valence-electron chi connectivity index (χ2n) is 8.05. The first-order chi connectivity index (χ1) is 15.8. The molecule has 162 valence electrons. The number of aliphatic hydroxyl groups excluding tert-OH is 1. The van der Waals surface area contributed by atoms with Crippen LogP contribution in [0.1, 0.15) is 28.5 Å². The normalized spacial score (nSPS) is 14.9. The summed E-state index contributed by atoms with van der Waals surface area (Å²) in [6, 6.07) is 22.1. The fourth-order valence-electron chi connectivity index (χ4n) is 4.15. The van der Waals surface area contributed by atoms with Crippen LogP contribution >= 0.6 is 0 Å². The van der Waals surface area contributed by atoms with Gasteiger partial charge in [0.2, 0.25) is 5.95 Å². The van der Waals surface area contributed by atoms with Crippen LogP contribution in [-0.2, 0) is 19.5 Å². The van der Waals surface area contributed by atoms with Crippen molar-refractivity contribution >= 4 is 0 Å². The van der Waals surface area contributed by atoms with Crippen LogP contribution in [0.25, 0.3) is 5.95 Å². The van der Waals surface area contributed by atoms with Gasteiger partial charge in [0.1, 0.15) is 12.4 Å². The van der Waals surface area contributed by atoms with E-state index in [1.165, 1.54) is 0 Å². The van der Waals surface area contributed by atoms with Gasteiger partial charge in [0, 0.05) is 55.9 Å². The third-order valence-electron chi connectivity index (χ3n) is 5.79. The van der Waals surface area contributed by atoms with Crippen molar-refractivity contribution in [3.05, 3.63) is 108 Å². The van der Waals surface area contributed by atoms with Crippen molar-refractivity contribution in [2.75, 3.05) is 13.2 Å². The molecule has 0 radical (unpaired) electrons. The molecule has 2 aromatic heterocycles. The molecular weight excluding hydrogens is 400 g/mol. The van der Waals surface area contributed by atoms with Crippen molar-refractivity contribution in [1.29, 1.82) is 0 Å². The van der Waals surface area contributed by atoms with E-state index < -0.39 is 6.10 Å². The second kappa shape index (κ2) is 9.34. The Morgan fingerprint density at radius 2 is 1.81 bits per heavy atom. The molecule has 0 saturated carbocycles. The maximum Gasteiger partial charge on any atom is 0.233 e. The fourth-order valence-corrected chi connectivity index (χ4v) is 4.15. The Morgan fingerprint density at radius 1 is 0.969 bits per heavy atom. The second-order valence-corrected chi connectivity index (χ2v) is 8.05. The first-order valence-corrected chi connectivity index (χ1v) is 10.9. The minimum absolute atomic E-state index is 0.549. The molecular formula is C26H26N4O2. The van der Waals surface area contributed by atoms with Gasteiger partial charge in [-0.05, 0) is 41.5 Å². The summed E-state index contributed by atoms with van der Waals surface area (Å²) in [6.07, 6.45) is 5.54. The average molecular weight is 427 g/mol. The lowest BCUT2D eigenvalue weighted by Gasteiger charge is -2.20. The highest BCUT2D eigenvalue weighted by molar-refractivity contribution is 5.39. The Bertz CT molecular complexity index is 1160. The molecule has 1 atom stereocenters. The third kappa shape index (κ3) is 4.56. The minimum Gasteiger partial charge on any atom is -0.492 e. The molecule has 2 aromatic carbocycles. The van der Waals surface area contributed by atoms with Crippen LogP contribution < -0.4 is 4.74 Å². The van der Waals surface area contributed by atoms with Gasteiger partial charge < -0.3 is 9.84 Å². The molecule has 1 aliphatic rings. The summed E-state index contributed by atoms with van der Waals surface area (Å²) in [5.41, 5.74) is 4.26. The Kier molecular flexibility index (Phi) is 5.96. The van der Waals surface area contributed by atoms with Crippen molar-refractivity contribution in [2.24, 2.45) is 0 Å². The van der Waals surface area contributed by atoms with Crippen LogP contribution in [0.5, 0.6) is 5.75 Å². The van der Waals surface area contributed by atoms with Crippen LogP contribution in [0.4, 0.5) is 0 Å². The maximum absolute atomic E-state index is 10.8. The van der Waals surface area contributed by atoms with Crippen LogP contribution in [-0.4, -0.2) is 37.7 Å². The van der Waals surface area contributed by atoms with Gasteiger partial charge in [-0.15, -0.1) is 0 Å². The molecule has 6 heteroatoms. The van der Waals surface area contributed by atoms with E-state index in [2.05, 4.69) is 27.0 Å². The summed E-state index contributed by atoms with van der Waals surface area (Å²) in [5.74, 6) is 1.57. The molecule has 0 aliphatic carbocycles. The van der Waals surface area contributed by atoms with Crippen molar-refractivity contribution in [3.63, 3.8) is 0 Å². The first-order valence-electron chi connectivity index (χ1n) is 10.9. The number of ether oxygens (including phenoxy) is 1. The van der Waals surface area contributed by atoms with E-state index >= 15 is 0 Å². The zero-order valence-corrected chi connectivity index (χ0v) is 17.8. The largest absolute Gasteiger partial charge is 0.492 e. The SMILES string of the molecule is O[C@H](Cc1ccccc1)c1ccc2c(c1)CN(Cc1cccn1-c1ncccn1)CCO2. The van der Waals surface area contributed by atoms with Crippen LogP contribution in [0.15, 0.2) is 85.3 Å². The summed E-state index contributed by atoms with van der Waals surface area (Å²) >= 11 is 0. The number of hydrogen-bond acceptors (Lipinski definition) is 5. The van der Waals surface area contributed by atoms with Gasteiger partial charge in [-0.25, -0.2) is 9.97 Å². The highest BCUT2D eigenvalue weighted by Gasteiger charge is 2.19. The monoisotopic (exact) mass is 426 g/mol. The number of nitrogens with zero attached hydrogens (tertiary/aromatic N) is 4. The zero-order valence-electron chi connectivity index (χ0n) is 17.8. The van der Waals surface area contributed by atoms with Gasteiger partial charge in [-0.1, -0.05) is 36.4 Å². The lowest BCUT2D eigenvalue weighted by Crippen LogP contribution is -2.26. The molecule has 0 bridgehead atoms. The Balaban J connectivity index is 1.33. The summed E-state index contributed by atoms with van der Waals surface area (Å²) in [6.45, 7) is 2.95. The smallest absolute Gasteiger partial charge is 0.233 e. The van der Waals surface area contributed by atoms with E-state index in [4.69, 9.17) is 4.74 Å². The number of fused-ring (bicyclic) bond motifs is 1. The van der Waals surface area contributed by atoms with Gasteiger partial charge in [-0.2, -0.15) is 0 Å². The van der Waals surface area contributed by atoms with Crippen molar-refractivity contribution in [1.82, 2.24) is 19.4 Å². The Hall–Kier alpha value is -3.48. The quantitative estimate of drug-likeness (QED) is 0.506. The van der Waals surface area contributed by atoms with Crippen LogP contribution in [0.2, 0.25) is 0 Å². The van der Waals surface area contributed by atoms with Crippen LogP contribution in [0.3, 0.4) is 0 Å². The standard InChI is InChI=1S/C26H26N4O2/c31-24(16-20-6-2-1-3-7-20)21-9-10-25-22(17-21)18-29(14-15-32-25)19-23-8-4-13-30(23)26-27-11-5-12-28-26/h1-13,17,24,31H,14-16,18-19H2/t24-/m1/s1. The van der Waals surface area contributed by atoms with Crippen LogP contribution in [0, 0.1) is 0 Å². The third-order valence-corrected chi connectivity index (χ3v) is 5.79. The van der Waals surface area contributed by atoms with E-state index in [1.54, 1.807) is 12.4 Å². The maximum atomic E-state index is 10.8. The Morgan fingerprint density at radius 3 is 2.66 bits per heavy atom. The summed E-state index contributed by atoms with van der Waals surface area (Å²) in [4.78, 5) is 11.1. The van der Waals surface area contributed by atoms with Gasteiger partial charge in [-0.3, -0.25) is 9.47 Å². The fraction of sp³-hybridized carbons (Fsp3) is 0.231. The molecule has 0 fully saturated rings. The van der Waals surface area contributed by atoms with E-state index in [0.717, 1.165) is 47.8 Å². The highest BCUT2D eigenvalue weighted by atomic mass is 16.5. The Labute approximate surface area is 187 Å². The van der Waals surface area contributed by atoms with E-state index in [9.17, 15) is 5.11 Å². The number of rotatable bonds is 6. The van der Waals surface area contributed by atoms with Crippen molar-refractivity contribution in [3.8, 4) is 11.7 Å². The molecule has 6 nitrogen and oxygen atoms in total. The molecule has 32 heavy (non-hydrogen) atoms. The molecule has 1 aliphatic heterocycles. The lowest BCUT2D eigenvalue weighted by atomic mass is 9.99. The molecule has 4 aromatic rings. The number of hydrogen-bond donors (Lipinski definition) is 1.